The Morgan fingerprint density at radius 1 is 1.41 bits per heavy atom. The Morgan fingerprint density at radius 2 is 2.24 bits per heavy atom. The molecule has 0 radical (unpaired) electrons. The number of nitrogens with zero attached hydrogens (tertiary/aromatic N) is 4. The molecule has 5 nitrogen and oxygen atoms in total. The van der Waals surface area contributed by atoms with Crippen molar-refractivity contribution >= 4 is 5.82 Å². The van der Waals surface area contributed by atoms with Gasteiger partial charge >= 0.3 is 0 Å². The molecule has 0 spiro atoms. The Morgan fingerprint density at radius 3 is 2.88 bits per heavy atom. The number of nitrogens with one attached hydrogen (secondary N) is 1. The predicted octanol–water partition coefficient (Wildman–Crippen LogP) is 2.20. The highest BCUT2D eigenvalue weighted by Gasteiger charge is 2.08. The molecule has 0 saturated heterocycles. The van der Waals surface area contributed by atoms with Crippen molar-refractivity contribution in [2.75, 3.05) is 5.32 Å². The first kappa shape index (κ1) is 11.7. The minimum Gasteiger partial charge on any atom is -0.363 e. The summed E-state index contributed by atoms with van der Waals surface area (Å²) in [7, 11) is 1.91. The topological polar surface area (TPSA) is 47.7 Å². The molecule has 0 aromatic carbocycles. The molecule has 0 aliphatic rings. The minimum absolute atomic E-state index is 0.436. The first-order valence-electron chi connectivity index (χ1n) is 5.96. The molecule has 0 amide bonds. The summed E-state index contributed by atoms with van der Waals surface area (Å²) in [6.45, 7) is 5.10. The molecule has 2 rings (SSSR count). The van der Waals surface area contributed by atoms with Gasteiger partial charge < -0.3 is 5.32 Å². The molecule has 0 aliphatic heterocycles. The summed E-state index contributed by atoms with van der Waals surface area (Å²) in [6.07, 6.45) is 4.86. The summed E-state index contributed by atoms with van der Waals surface area (Å²) in [5, 5.41) is 11.9. The fourth-order valence-electron chi connectivity index (χ4n) is 1.74. The van der Waals surface area contributed by atoms with Crippen LogP contribution in [0.5, 0.6) is 0 Å². The van der Waals surface area contributed by atoms with Crippen LogP contribution in [0.2, 0.25) is 0 Å². The van der Waals surface area contributed by atoms with Crippen LogP contribution in [0, 0.1) is 0 Å². The van der Waals surface area contributed by atoms with E-state index in [1.807, 2.05) is 31.6 Å². The second-order valence-corrected chi connectivity index (χ2v) is 4.25. The molecule has 0 fully saturated rings. The molecule has 2 heterocycles. The Balaban J connectivity index is 2.01. The van der Waals surface area contributed by atoms with Crippen LogP contribution in [0.1, 0.15) is 32.0 Å². The number of aromatic nitrogens is 4. The molecule has 2 aromatic heterocycles. The summed E-state index contributed by atoms with van der Waals surface area (Å²) >= 11 is 0. The number of anilines is 1. The van der Waals surface area contributed by atoms with E-state index in [1.54, 1.807) is 4.68 Å². The van der Waals surface area contributed by atoms with Gasteiger partial charge in [0.15, 0.2) is 0 Å². The molecule has 0 bridgehead atoms. The molecule has 1 atom stereocenters. The van der Waals surface area contributed by atoms with E-state index in [9.17, 15) is 0 Å². The SMILES string of the molecule is CC[C@@H](C)n1nccc1CNc1ccn(C)n1. The van der Waals surface area contributed by atoms with Crippen LogP contribution in [-0.2, 0) is 13.6 Å². The van der Waals surface area contributed by atoms with E-state index in [-0.39, 0.29) is 0 Å². The third-order valence-corrected chi connectivity index (χ3v) is 2.92. The summed E-state index contributed by atoms with van der Waals surface area (Å²) in [6, 6.07) is 4.44. The Labute approximate surface area is 101 Å². The normalized spacial score (nSPS) is 12.6. The molecule has 1 N–H and O–H groups in total. The fourth-order valence-corrected chi connectivity index (χ4v) is 1.74. The molecule has 0 unspecified atom stereocenters. The second kappa shape index (κ2) is 5.03. The van der Waals surface area contributed by atoms with Gasteiger partial charge in [0.1, 0.15) is 5.82 Å². The van der Waals surface area contributed by atoms with Crippen LogP contribution in [0.4, 0.5) is 5.82 Å². The zero-order valence-corrected chi connectivity index (χ0v) is 10.6. The largest absolute Gasteiger partial charge is 0.363 e. The third kappa shape index (κ3) is 2.67. The standard InChI is InChI=1S/C12H19N5/c1-4-10(2)17-11(5-7-14-17)9-13-12-6-8-16(3)15-12/h5-8,10H,4,9H2,1-3H3,(H,13,15)/t10-/m1/s1. The highest BCUT2D eigenvalue weighted by atomic mass is 15.3. The Kier molecular flexibility index (Phi) is 3.46. The zero-order valence-electron chi connectivity index (χ0n) is 10.6. The molecule has 0 saturated carbocycles. The second-order valence-electron chi connectivity index (χ2n) is 4.25. The monoisotopic (exact) mass is 233 g/mol. The molecule has 5 heteroatoms. The van der Waals surface area contributed by atoms with Gasteiger partial charge in [-0.2, -0.15) is 10.2 Å². The van der Waals surface area contributed by atoms with Crippen molar-refractivity contribution in [1.29, 1.82) is 0 Å². The van der Waals surface area contributed by atoms with Crippen LogP contribution in [0.3, 0.4) is 0 Å². The smallest absolute Gasteiger partial charge is 0.148 e. The lowest BCUT2D eigenvalue weighted by atomic mass is 10.2. The number of hydrogen-bond acceptors (Lipinski definition) is 3. The van der Waals surface area contributed by atoms with Crippen molar-refractivity contribution in [3.63, 3.8) is 0 Å². The van der Waals surface area contributed by atoms with Gasteiger partial charge in [-0.05, 0) is 19.4 Å². The van der Waals surface area contributed by atoms with Crippen molar-refractivity contribution in [2.24, 2.45) is 7.05 Å². The maximum Gasteiger partial charge on any atom is 0.148 e. The van der Waals surface area contributed by atoms with Crippen LogP contribution in [-0.4, -0.2) is 19.6 Å². The Bertz CT molecular complexity index is 471. The van der Waals surface area contributed by atoms with E-state index in [0.29, 0.717) is 6.04 Å². The first-order chi connectivity index (χ1) is 8.20. The fraction of sp³-hybridized carbons (Fsp3) is 0.500. The molecule has 17 heavy (non-hydrogen) atoms. The van der Waals surface area contributed by atoms with Crippen LogP contribution in [0.25, 0.3) is 0 Å². The van der Waals surface area contributed by atoms with E-state index in [1.165, 1.54) is 5.69 Å². The average Bonchev–Trinajstić information content (AvgIpc) is 2.94. The highest BCUT2D eigenvalue weighted by molar-refractivity contribution is 5.32. The zero-order chi connectivity index (χ0) is 12.3. The lowest BCUT2D eigenvalue weighted by Gasteiger charge is -2.13. The van der Waals surface area contributed by atoms with Crippen molar-refractivity contribution < 1.29 is 0 Å². The predicted molar refractivity (Wildman–Crippen MR) is 67.8 cm³/mol. The van der Waals surface area contributed by atoms with Gasteiger partial charge in [-0.25, -0.2) is 0 Å². The van der Waals surface area contributed by atoms with E-state index in [2.05, 4.69) is 34.0 Å². The minimum atomic E-state index is 0.436. The van der Waals surface area contributed by atoms with Gasteiger partial charge in [-0.1, -0.05) is 6.92 Å². The molecular formula is C12H19N5. The molecule has 92 valence electrons. The maximum atomic E-state index is 4.36. The van der Waals surface area contributed by atoms with Crippen LogP contribution in [0.15, 0.2) is 24.5 Å². The van der Waals surface area contributed by atoms with Crippen molar-refractivity contribution in [2.45, 2.75) is 32.9 Å². The third-order valence-electron chi connectivity index (χ3n) is 2.92. The van der Waals surface area contributed by atoms with E-state index in [4.69, 9.17) is 0 Å². The molecule has 0 aliphatic carbocycles. The summed E-state index contributed by atoms with van der Waals surface area (Å²) in [4.78, 5) is 0. The molecular weight excluding hydrogens is 214 g/mol. The van der Waals surface area contributed by atoms with Gasteiger partial charge in [0.2, 0.25) is 0 Å². The van der Waals surface area contributed by atoms with Gasteiger partial charge in [-0.3, -0.25) is 9.36 Å². The van der Waals surface area contributed by atoms with E-state index in [0.717, 1.165) is 18.8 Å². The number of aryl methyl sites for hydroxylation is 1. The van der Waals surface area contributed by atoms with Gasteiger partial charge in [-0.15, -0.1) is 0 Å². The lowest BCUT2D eigenvalue weighted by molar-refractivity contribution is 0.462. The molecule has 2 aromatic rings. The van der Waals surface area contributed by atoms with Crippen molar-refractivity contribution in [1.82, 2.24) is 19.6 Å². The summed E-state index contributed by atoms with van der Waals surface area (Å²) in [5.74, 6) is 0.893. The highest BCUT2D eigenvalue weighted by Crippen LogP contribution is 2.13. The average molecular weight is 233 g/mol. The van der Waals surface area contributed by atoms with Gasteiger partial charge in [0.05, 0.1) is 12.2 Å². The van der Waals surface area contributed by atoms with Crippen molar-refractivity contribution in [3.8, 4) is 0 Å². The van der Waals surface area contributed by atoms with Gasteiger partial charge in [0.25, 0.3) is 0 Å². The van der Waals surface area contributed by atoms with E-state index < -0.39 is 0 Å². The maximum absolute atomic E-state index is 4.36. The Hall–Kier alpha value is -1.78. The quantitative estimate of drug-likeness (QED) is 0.861. The van der Waals surface area contributed by atoms with Crippen LogP contribution < -0.4 is 5.32 Å². The number of rotatable bonds is 5. The summed E-state index contributed by atoms with van der Waals surface area (Å²) in [5.41, 5.74) is 1.19. The van der Waals surface area contributed by atoms with E-state index >= 15 is 0 Å². The lowest BCUT2D eigenvalue weighted by Crippen LogP contribution is -2.12. The summed E-state index contributed by atoms with van der Waals surface area (Å²) < 4.78 is 3.85. The van der Waals surface area contributed by atoms with Crippen LogP contribution >= 0.6 is 0 Å². The first-order valence-corrected chi connectivity index (χ1v) is 5.96. The van der Waals surface area contributed by atoms with Gasteiger partial charge in [0, 0.05) is 31.5 Å². The number of hydrogen-bond donors (Lipinski definition) is 1. The van der Waals surface area contributed by atoms with Crippen molar-refractivity contribution in [3.05, 3.63) is 30.2 Å².